The van der Waals surface area contributed by atoms with Gasteiger partial charge in [0.25, 0.3) is 0 Å². The van der Waals surface area contributed by atoms with Crippen molar-refractivity contribution in [2.45, 2.75) is 6.92 Å². The molecule has 102 valence electrons. The molecule has 0 spiro atoms. The number of benzene rings is 1. The van der Waals surface area contributed by atoms with E-state index < -0.39 is 21.7 Å². The van der Waals surface area contributed by atoms with Crippen LogP contribution in [-0.4, -0.2) is 26.7 Å². The molecule has 0 saturated carbocycles. The Balaban J connectivity index is 2.93. The number of hydrogen-bond donors (Lipinski definition) is 1. The zero-order valence-corrected chi connectivity index (χ0v) is 12.4. The first-order valence-corrected chi connectivity index (χ1v) is 7.68. The third kappa shape index (κ3) is 4.89. The third-order valence-electron chi connectivity index (χ3n) is 1.98. The van der Waals surface area contributed by atoms with Gasteiger partial charge in [-0.05, 0) is 25.1 Å². The van der Waals surface area contributed by atoms with Gasteiger partial charge in [-0.25, -0.2) is 8.42 Å². The van der Waals surface area contributed by atoms with Gasteiger partial charge in [0.05, 0.1) is 17.9 Å². The van der Waals surface area contributed by atoms with Crippen LogP contribution < -0.4 is 4.72 Å². The molecule has 0 bridgehead atoms. The molecular weight excluding hydrogens is 336 g/mol. The number of rotatable bonds is 5. The summed E-state index contributed by atoms with van der Waals surface area (Å²) < 4.78 is 30.8. The van der Waals surface area contributed by atoms with E-state index in [4.69, 9.17) is 5.26 Å². The van der Waals surface area contributed by atoms with Crippen molar-refractivity contribution in [3.63, 3.8) is 0 Å². The molecule has 0 atom stereocenters. The summed E-state index contributed by atoms with van der Waals surface area (Å²) in [6, 6.07) is 6.38. The lowest BCUT2D eigenvalue weighted by Gasteiger charge is -2.09. The lowest BCUT2D eigenvalue weighted by atomic mass is 10.2. The maximum absolute atomic E-state index is 11.7. The van der Waals surface area contributed by atoms with Crippen LogP contribution in [0.25, 0.3) is 0 Å². The molecule has 0 heterocycles. The Labute approximate surface area is 119 Å². The van der Waals surface area contributed by atoms with Crippen LogP contribution in [0.2, 0.25) is 0 Å². The van der Waals surface area contributed by atoms with Crippen LogP contribution in [0.15, 0.2) is 22.7 Å². The zero-order chi connectivity index (χ0) is 14.5. The number of hydrogen-bond acceptors (Lipinski definition) is 5. The standard InChI is InChI=1S/C11H11BrN2O4S/c1-2-18-11(15)7-19(16,17)14-10-5-9(12)4-3-8(10)6-13/h3-5,14H,2,7H2,1H3. The number of esters is 1. The number of nitrogens with one attached hydrogen (secondary N) is 1. The number of nitrogens with zero attached hydrogens (tertiary/aromatic N) is 1. The topological polar surface area (TPSA) is 96.3 Å². The van der Waals surface area contributed by atoms with Gasteiger partial charge in [0.15, 0.2) is 5.75 Å². The maximum Gasteiger partial charge on any atom is 0.323 e. The summed E-state index contributed by atoms with van der Waals surface area (Å²) >= 11 is 3.17. The van der Waals surface area contributed by atoms with Gasteiger partial charge in [0.2, 0.25) is 10.0 Å². The fourth-order valence-electron chi connectivity index (χ4n) is 1.26. The predicted octanol–water partition coefficient (Wildman–Crippen LogP) is 1.63. The van der Waals surface area contributed by atoms with E-state index in [1.54, 1.807) is 13.0 Å². The van der Waals surface area contributed by atoms with Crippen LogP contribution in [0.1, 0.15) is 12.5 Å². The molecule has 0 saturated heterocycles. The van der Waals surface area contributed by atoms with E-state index in [0.717, 1.165) is 0 Å². The van der Waals surface area contributed by atoms with E-state index in [0.29, 0.717) is 4.47 Å². The summed E-state index contributed by atoms with van der Waals surface area (Å²) in [4.78, 5) is 11.2. The molecule has 0 aliphatic heterocycles. The molecule has 19 heavy (non-hydrogen) atoms. The Morgan fingerprint density at radius 2 is 2.21 bits per heavy atom. The fraction of sp³-hybridized carbons (Fsp3) is 0.273. The van der Waals surface area contributed by atoms with Crippen LogP contribution in [0.3, 0.4) is 0 Å². The Morgan fingerprint density at radius 1 is 1.53 bits per heavy atom. The van der Waals surface area contributed by atoms with Crippen molar-refractivity contribution in [2.24, 2.45) is 0 Å². The minimum atomic E-state index is -3.90. The van der Waals surface area contributed by atoms with E-state index in [9.17, 15) is 13.2 Å². The average Bonchev–Trinajstić information content (AvgIpc) is 2.28. The second kappa shape index (κ2) is 6.54. The number of carbonyl (C=O) groups is 1. The van der Waals surface area contributed by atoms with Gasteiger partial charge >= 0.3 is 5.97 Å². The molecule has 0 aliphatic rings. The summed E-state index contributed by atoms with van der Waals surface area (Å²) in [5.74, 6) is -1.64. The van der Waals surface area contributed by atoms with Gasteiger partial charge in [0, 0.05) is 4.47 Å². The van der Waals surface area contributed by atoms with Gasteiger partial charge in [-0.1, -0.05) is 15.9 Å². The molecule has 0 radical (unpaired) electrons. The highest BCUT2D eigenvalue weighted by molar-refractivity contribution is 9.10. The fourth-order valence-corrected chi connectivity index (χ4v) is 2.59. The Kier molecular flexibility index (Phi) is 5.32. The van der Waals surface area contributed by atoms with Crippen LogP contribution >= 0.6 is 15.9 Å². The van der Waals surface area contributed by atoms with E-state index in [1.165, 1.54) is 12.1 Å². The molecule has 1 N–H and O–H groups in total. The van der Waals surface area contributed by atoms with E-state index in [2.05, 4.69) is 25.4 Å². The molecule has 1 aromatic carbocycles. The van der Waals surface area contributed by atoms with Crippen LogP contribution in [0.5, 0.6) is 0 Å². The van der Waals surface area contributed by atoms with E-state index >= 15 is 0 Å². The van der Waals surface area contributed by atoms with Crippen LogP contribution in [-0.2, 0) is 19.6 Å². The quantitative estimate of drug-likeness (QED) is 0.817. The predicted molar refractivity (Wildman–Crippen MR) is 72.9 cm³/mol. The van der Waals surface area contributed by atoms with Gasteiger partial charge in [0.1, 0.15) is 6.07 Å². The number of carbonyl (C=O) groups excluding carboxylic acids is 1. The lowest BCUT2D eigenvalue weighted by Crippen LogP contribution is -2.24. The highest BCUT2D eigenvalue weighted by atomic mass is 79.9. The first kappa shape index (κ1) is 15.5. The number of ether oxygens (including phenoxy) is 1. The number of anilines is 1. The lowest BCUT2D eigenvalue weighted by molar-refractivity contribution is -0.139. The van der Waals surface area contributed by atoms with E-state index in [-0.39, 0.29) is 17.9 Å². The normalized spacial score (nSPS) is 10.6. The number of halogens is 1. The zero-order valence-electron chi connectivity index (χ0n) is 10.0. The highest BCUT2D eigenvalue weighted by Gasteiger charge is 2.19. The van der Waals surface area contributed by atoms with Crippen molar-refractivity contribution >= 4 is 37.6 Å². The maximum atomic E-state index is 11.7. The molecule has 0 aliphatic carbocycles. The van der Waals surface area contributed by atoms with Crippen molar-refractivity contribution in [3.05, 3.63) is 28.2 Å². The third-order valence-corrected chi connectivity index (χ3v) is 3.62. The first-order valence-electron chi connectivity index (χ1n) is 5.23. The Hall–Kier alpha value is -1.59. The average molecular weight is 347 g/mol. The van der Waals surface area contributed by atoms with Gasteiger partial charge in [-0.3, -0.25) is 9.52 Å². The monoisotopic (exact) mass is 346 g/mol. The molecule has 0 aromatic heterocycles. The van der Waals surface area contributed by atoms with Crippen molar-refractivity contribution in [2.75, 3.05) is 17.1 Å². The number of nitriles is 1. The Morgan fingerprint density at radius 3 is 2.79 bits per heavy atom. The summed E-state index contributed by atoms with van der Waals surface area (Å²) in [6.07, 6.45) is 0. The van der Waals surface area contributed by atoms with Crippen molar-refractivity contribution < 1.29 is 17.9 Å². The largest absolute Gasteiger partial charge is 0.465 e. The molecule has 6 nitrogen and oxygen atoms in total. The highest BCUT2D eigenvalue weighted by Crippen LogP contribution is 2.21. The SMILES string of the molecule is CCOC(=O)CS(=O)(=O)Nc1cc(Br)ccc1C#N. The van der Waals surface area contributed by atoms with Gasteiger partial charge < -0.3 is 4.74 Å². The summed E-state index contributed by atoms with van der Waals surface area (Å²) in [6.45, 7) is 1.69. The molecular formula is C11H11BrN2O4S. The molecule has 0 unspecified atom stereocenters. The Bertz CT molecular complexity index is 622. The minimum absolute atomic E-state index is 0.106. The van der Waals surface area contributed by atoms with Crippen molar-refractivity contribution in [1.82, 2.24) is 0 Å². The van der Waals surface area contributed by atoms with Crippen LogP contribution in [0, 0.1) is 11.3 Å². The molecule has 8 heteroatoms. The van der Waals surface area contributed by atoms with Crippen LogP contribution in [0.4, 0.5) is 5.69 Å². The minimum Gasteiger partial charge on any atom is -0.465 e. The number of sulfonamides is 1. The van der Waals surface area contributed by atoms with E-state index in [1.807, 2.05) is 6.07 Å². The van der Waals surface area contributed by atoms with Crippen molar-refractivity contribution in [3.8, 4) is 6.07 Å². The first-order chi connectivity index (χ1) is 8.88. The summed E-state index contributed by atoms with van der Waals surface area (Å²) in [5.41, 5.74) is 0.275. The molecule has 1 aromatic rings. The summed E-state index contributed by atoms with van der Waals surface area (Å²) in [7, 11) is -3.90. The van der Waals surface area contributed by atoms with Crippen molar-refractivity contribution in [1.29, 1.82) is 5.26 Å². The summed E-state index contributed by atoms with van der Waals surface area (Å²) in [5, 5.41) is 8.88. The second-order valence-electron chi connectivity index (χ2n) is 3.47. The molecule has 1 rings (SSSR count). The molecule has 0 fully saturated rings. The van der Waals surface area contributed by atoms with Gasteiger partial charge in [-0.2, -0.15) is 5.26 Å². The molecule has 0 amide bonds. The van der Waals surface area contributed by atoms with Gasteiger partial charge in [-0.15, -0.1) is 0 Å². The smallest absolute Gasteiger partial charge is 0.323 e. The second-order valence-corrected chi connectivity index (χ2v) is 6.11.